The monoisotopic (exact) mass is 471 g/mol. The molecule has 1 heterocycles. The largest absolute Gasteiger partial charge is 0.478 e. The number of carboxylic acids is 1. The molecule has 1 aromatic heterocycles. The van der Waals surface area contributed by atoms with Gasteiger partial charge >= 0.3 is 5.97 Å². The Morgan fingerprint density at radius 3 is 2.38 bits per heavy atom. The molecular weight excluding hydrogens is 450 g/mol. The minimum Gasteiger partial charge on any atom is -0.478 e. The molecule has 0 saturated heterocycles. The van der Waals surface area contributed by atoms with E-state index in [1.54, 1.807) is 12.1 Å². The molecule has 1 amide bonds. The van der Waals surface area contributed by atoms with E-state index in [0.717, 1.165) is 16.8 Å². The number of carbonyl (C=O) groups excluding carboxylic acids is 1. The standard InChI is InChI=1S/C25H21N5O3S/c1-17-7-13-21(14-8-17)30-23(19-5-3-2-4-6-19)28-29-25(30)34-16-22(31)27-26-15-18-9-11-20(12-10-18)24(32)33/h2-15H,16H2,1H3,(H,27,31)(H,32,33)/b26-15+. The number of thioether (sulfide) groups is 1. The first-order chi connectivity index (χ1) is 16.5. The number of aromatic nitrogens is 3. The van der Waals surface area contributed by atoms with Crippen LogP contribution < -0.4 is 5.43 Å². The summed E-state index contributed by atoms with van der Waals surface area (Å²) in [6.45, 7) is 2.02. The Balaban J connectivity index is 1.46. The zero-order valence-electron chi connectivity index (χ0n) is 18.3. The zero-order valence-corrected chi connectivity index (χ0v) is 19.1. The van der Waals surface area contributed by atoms with Crippen molar-refractivity contribution < 1.29 is 14.7 Å². The van der Waals surface area contributed by atoms with Crippen molar-refractivity contribution in [1.82, 2.24) is 20.2 Å². The van der Waals surface area contributed by atoms with Crippen molar-refractivity contribution in [3.8, 4) is 17.1 Å². The van der Waals surface area contributed by atoms with Gasteiger partial charge in [-0.2, -0.15) is 5.10 Å². The van der Waals surface area contributed by atoms with E-state index < -0.39 is 5.97 Å². The number of aryl methyl sites for hydroxylation is 1. The average Bonchev–Trinajstić information content (AvgIpc) is 3.28. The Kier molecular flexibility index (Phi) is 7.14. The van der Waals surface area contributed by atoms with Gasteiger partial charge in [0.25, 0.3) is 5.91 Å². The van der Waals surface area contributed by atoms with Crippen LogP contribution in [-0.4, -0.2) is 43.7 Å². The molecule has 8 nitrogen and oxygen atoms in total. The maximum atomic E-state index is 12.3. The highest BCUT2D eigenvalue weighted by Gasteiger charge is 2.17. The smallest absolute Gasteiger partial charge is 0.335 e. The molecule has 34 heavy (non-hydrogen) atoms. The van der Waals surface area contributed by atoms with Crippen molar-refractivity contribution in [3.63, 3.8) is 0 Å². The van der Waals surface area contributed by atoms with Gasteiger partial charge in [0.2, 0.25) is 0 Å². The number of hydrogen-bond acceptors (Lipinski definition) is 6. The summed E-state index contributed by atoms with van der Waals surface area (Å²) in [7, 11) is 0. The van der Waals surface area contributed by atoms with Crippen LogP contribution in [0.15, 0.2) is 89.1 Å². The third kappa shape index (κ3) is 5.57. The highest BCUT2D eigenvalue weighted by atomic mass is 32.2. The number of hydrogen-bond donors (Lipinski definition) is 2. The number of nitrogens with zero attached hydrogens (tertiary/aromatic N) is 4. The van der Waals surface area contributed by atoms with Crippen LogP contribution in [0.2, 0.25) is 0 Å². The molecule has 170 valence electrons. The highest BCUT2D eigenvalue weighted by Crippen LogP contribution is 2.28. The number of carboxylic acid groups (broad SMARTS) is 1. The van der Waals surface area contributed by atoms with Crippen molar-refractivity contribution in [3.05, 3.63) is 95.6 Å². The quantitative estimate of drug-likeness (QED) is 0.227. The van der Waals surface area contributed by atoms with Gasteiger partial charge in [-0.05, 0) is 36.8 Å². The summed E-state index contributed by atoms with van der Waals surface area (Å²) in [6.07, 6.45) is 1.45. The minimum atomic E-state index is -0.997. The Morgan fingerprint density at radius 1 is 1.00 bits per heavy atom. The molecule has 0 radical (unpaired) electrons. The van der Waals surface area contributed by atoms with Crippen molar-refractivity contribution in [1.29, 1.82) is 0 Å². The number of aromatic carboxylic acids is 1. The van der Waals surface area contributed by atoms with Crippen molar-refractivity contribution in [2.24, 2.45) is 5.10 Å². The molecular formula is C25H21N5O3S. The SMILES string of the molecule is Cc1ccc(-n2c(SCC(=O)N/N=C/c3ccc(C(=O)O)cc3)nnc2-c2ccccc2)cc1. The summed E-state index contributed by atoms with van der Waals surface area (Å²) >= 11 is 1.26. The predicted molar refractivity (Wildman–Crippen MR) is 131 cm³/mol. The van der Waals surface area contributed by atoms with Crippen LogP contribution in [0, 0.1) is 6.92 Å². The van der Waals surface area contributed by atoms with Gasteiger partial charge in [0.1, 0.15) is 0 Å². The molecule has 0 unspecified atom stereocenters. The van der Waals surface area contributed by atoms with Gasteiger partial charge in [0.05, 0.1) is 17.5 Å². The van der Waals surface area contributed by atoms with Crippen LogP contribution in [0.4, 0.5) is 0 Å². The van der Waals surface area contributed by atoms with Gasteiger partial charge in [-0.15, -0.1) is 10.2 Å². The Bertz CT molecular complexity index is 1320. The molecule has 0 fully saturated rings. The number of benzene rings is 3. The maximum Gasteiger partial charge on any atom is 0.335 e. The number of carbonyl (C=O) groups is 2. The zero-order chi connectivity index (χ0) is 23.9. The molecule has 0 atom stereocenters. The molecule has 4 rings (SSSR count). The fraction of sp³-hybridized carbons (Fsp3) is 0.0800. The van der Waals surface area contributed by atoms with Crippen LogP contribution in [0.5, 0.6) is 0 Å². The van der Waals surface area contributed by atoms with Crippen LogP contribution in [0.25, 0.3) is 17.1 Å². The molecule has 0 aliphatic carbocycles. The molecule has 4 aromatic rings. The second-order valence-electron chi connectivity index (χ2n) is 7.35. The van der Waals surface area contributed by atoms with E-state index in [2.05, 4.69) is 20.7 Å². The summed E-state index contributed by atoms with van der Waals surface area (Å²) in [5.41, 5.74) is 6.30. The first-order valence-electron chi connectivity index (χ1n) is 10.4. The summed E-state index contributed by atoms with van der Waals surface area (Å²) in [6, 6.07) is 24.0. The number of hydrazone groups is 1. The fourth-order valence-electron chi connectivity index (χ4n) is 3.12. The first kappa shape index (κ1) is 22.9. The van der Waals surface area contributed by atoms with Crippen LogP contribution >= 0.6 is 11.8 Å². The van der Waals surface area contributed by atoms with Crippen molar-refractivity contribution >= 4 is 29.9 Å². The number of rotatable bonds is 8. The van der Waals surface area contributed by atoms with E-state index in [9.17, 15) is 9.59 Å². The van der Waals surface area contributed by atoms with Gasteiger partial charge in [-0.1, -0.05) is 71.9 Å². The second kappa shape index (κ2) is 10.6. The second-order valence-corrected chi connectivity index (χ2v) is 8.29. The minimum absolute atomic E-state index is 0.0913. The Hall–Kier alpha value is -4.24. The molecule has 0 aliphatic heterocycles. The lowest BCUT2D eigenvalue weighted by Gasteiger charge is -2.10. The number of nitrogens with one attached hydrogen (secondary N) is 1. The molecule has 2 N–H and O–H groups in total. The third-order valence-electron chi connectivity index (χ3n) is 4.85. The highest BCUT2D eigenvalue weighted by molar-refractivity contribution is 7.99. The van der Waals surface area contributed by atoms with E-state index in [-0.39, 0.29) is 17.2 Å². The molecule has 9 heteroatoms. The van der Waals surface area contributed by atoms with Crippen molar-refractivity contribution in [2.75, 3.05) is 5.75 Å². The van der Waals surface area contributed by atoms with Gasteiger partial charge in [0.15, 0.2) is 11.0 Å². The van der Waals surface area contributed by atoms with E-state index in [4.69, 9.17) is 5.11 Å². The summed E-state index contributed by atoms with van der Waals surface area (Å²) in [4.78, 5) is 23.3. The van der Waals surface area contributed by atoms with E-state index >= 15 is 0 Å². The lowest BCUT2D eigenvalue weighted by molar-refractivity contribution is -0.118. The number of amides is 1. The lowest BCUT2D eigenvalue weighted by Crippen LogP contribution is -2.20. The van der Waals surface area contributed by atoms with Gasteiger partial charge in [-0.25, -0.2) is 10.2 Å². The molecule has 3 aromatic carbocycles. The summed E-state index contributed by atoms with van der Waals surface area (Å²) < 4.78 is 1.93. The first-order valence-corrected chi connectivity index (χ1v) is 11.4. The Labute approximate surface area is 200 Å². The normalized spacial score (nSPS) is 11.0. The Morgan fingerprint density at radius 2 is 1.71 bits per heavy atom. The van der Waals surface area contributed by atoms with E-state index in [0.29, 0.717) is 16.5 Å². The van der Waals surface area contributed by atoms with E-state index in [1.807, 2.05) is 66.1 Å². The lowest BCUT2D eigenvalue weighted by atomic mass is 10.1. The van der Waals surface area contributed by atoms with E-state index in [1.165, 1.54) is 30.1 Å². The predicted octanol–water partition coefficient (Wildman–Crippen LogP) is 4.18. The summed E-state index contributed by atoms with van der Waals surface area (Å²) in [5, 5.41) is 22.2. The topological polar surface area (TPSA) is 109 Å². The van der Waals surface area contributed by atoms with Gasteiger partial charge in [-0.3, -0.25) is 9.36 Å². The third-order valence-corrected chi connectivity index (χ3v) is 5.78. The van der Waals surface area contributed by atoms with Crippen LogP contribution in [-0.2, 0) is 4.79 Å². The van der Waals surface area contributed by atoms with Gasteiger partial charge in [0, 0.05) is 11.3 Å². The van der Waals surface area contributed by atoms with Crippen molar-refractivity contribution in [2.45, 2.75) is 12.1 Å². The average molecular weight is 472 g/mol. The maximum absolute atomic E-state index is 12.3. The molecule has 0 aliphatic rings. The van der Waals surface area contributed by atoms with Gasteiger partial charge < -0.3 is 5.11 Å². The molecule has 0 saturated carbocycles. The molecule has 0 bridgehead atoms. The van der Waals surface area contributed by atoms with Crippen LogP contribution in [0.3, 0.4) is 0 Å². The molecule has 0 spiro atoms. The fourth-order valence-corrected chi connectivity index (χ4v) is 3.86. The summed E-state index contributed by atoms with van der Waals surface area (Å²) in [5.74, 6) is -0.519. The van der Waals surface area contributed by atoms with Crippen LogP contribution in [0.1, 0.15) is 21.5 Å².